The van der Waals surface area contributed by atoms with Crippen molar-refractivity contribution >= 4 is 11.2 Å². The quantitative estimate of drug-likeness (QED) is 0.704. The van der Waals surface area contributed by atoms with E-state index in [-0.39, 0.29) is 11.2 Å². The van der Waals surface area contributed by atoms with Crippen molar-refractivity contribution in [1.82, 2.24) is 19.1 Å². The lowest BCUT2D eigenvalue weighted by atomic mass is 10.1. The van der Waals surface area contributed by atoms with Crippen LogP contribution in [0.1, 0.15) is 25.1 Å². The Morgan fingerprint density at radius 2 is 1.85 bits per heavy atom. The van der Waals surface area contributed by atoms with E-state index >= 15 is 0 Å². The van der Waals surface area contributed by atoms with Gasteiger partial charge in [-0.05, 0) is 19.3 Å². The summed E-state index contributed by atoms with van der Waals surface area (Å²) in [4.78, 5) is 33.0. The van der Waals surface area contributed by atoms with E-state index in [9.17, 15) is 9.59 Å². The molecule has 0 spiro atoms. The topological polar surface area (TPSA) is 77.1 Å². The van der Waals surface area contributed by atoms with Crippen LogP contribution in [0.15, 0.2) is 9.59 Å². The number of aromatic nitrogens is 4. The molecule has 0 aliphatic carbocycles. The highest BCUT2D eigenvalue weighted by atomic mass is 16.2. The number of quaternary nitrogens is 1. The van der Waals surface area contributed by atoms with E-state index in [4.69, 9.17) is 0 Å². The molecule has 2 aromatic heterocycles. The third kappa shape index (κ3) is 2.07. The smallest absolute Gasteiger partial charge is 0.331 e. The molecule has 7 heteroatoms. The summed E-state index contributed by atoms with van der Waals surface area (Å²) in [5.41, 5.74) is 0.215. The molecule has 0 aromatic carbocycles. The predicted molar refractivity (Wildman–Crippen MR) is 74.8 cm³/mol. The molecule has 0 bridgehead atoms. The van der Waals surface area contributed by atoms with E-state index in [0.29, 0.717) is 11.2 Å². The van der Waals surface area contributed by atoms with Crippen molar-refractivity contribution in [1.29, 1.82) is 0 Å². The number of aromatic amines is 1. The second-order valence-electron chi connectivity index (χ2n) is 5.58. The molecule has 0 unspecified atom stereocenters. The van der Waals surface area contributed by atoms with Crippen molar-refractivity contribution in [2.45, 2.75) is 25.8 Å². The molecular weight excluding hydrogens is 258 g/mol. The zero-order valence-corrected chi connectivity index (χ0v) is 11.9. The van der Waals surface area contributed by atoms with E-state index in [1.165, 1.54) is 35.8 Å². The van der Waals surface area contributed by atoms with E-state index < -0.39 is 0 Å². The molecule has 1 aliphatic rings. The fourth-order valence-electron chi connectivity index (χ4n) is 2.92. The Bertz CT molecular complexity index is 748. The summed E-state index contributed by atoms with van der Waals surface area (Å²) in [6.07, 6.45) is 3.80. The van der Waals surface area contributed by atoms with Crippen LogP contribution in [0.2, 0.25) is 0 Å². The van der Waals surface area contributed by atoms with Crippen molar-refractivity contribution < 1.29 is 4.90 Å². The first-order valence-corrected chi connectivity index (χ1v) is 7.06. The van der Waals surface area contributed by atoms with E-state index in [2.05, 4.69) is 9.97 Å². The minimum Gasteiger partial charge on any atom is -0.331 e. The van der Waals surface area contributed by atoms with Crippen LogP contribution < -0.4 is 16.1 Å². The van der Waals surface area contributed by atoms with Gasteiger partial charge in [-0.3, -0.25) is 13.9 Å². The fraction of sp³-hybridized carbons (Fsp3) is 0.615. The molecule has 7 nitrogen and oxygen atoms in total. The molecule has 2 aromatic rings. The molecule has 0 saturated carbocycles. The van der Waals surface area contributed by atoms with Crippen LogP contribution in [0.25, 0.3) is 11.2 Å². The van der Waals surface area contributed by atoms with Gasteiger partial charge in [-0.15, -0.1) is 0 Å². The van der Waals surface area contributed by atoms with Gasteiger partial charge in [-0.2, -0.15) is 0 Å². The van der Waals surface area contributed by atoms with Gasteiger partial charge in [0.15, 0.2) is 11.5 Å². The lowest BCUT2D eigenvalue weighted by molar-refractivity contribution is -0.919. The van der Waals surface area contributed by atoms with Crippen LogP contribution in [0, 0.1) is 0 Å². The monoisotopic (exact) mass is 278 g/mol. The molecule has 0 amide bonds. The number of fused-ring (bicyclic) bond motifs is 1. The number of nitrogens with one attached hydrogen (secondary N) is 2. The number of likely N-dealkylation sites (tertiary alicyclic amines) is 1. The zero-order valence-electron chi connectivity index (χ0n) is 11.9. The Kier molecular flexibility index (Phi) is 3.21. The van der Waals surface area contributed by atoms with E-state index in [0.717, 1.165) is 30.0 Å². The minimum atomic E-state index is -0.342. The zero-order chi connectivity index (χ0) is 14.3. The molecule has 1 saturated heterocycles. The van der Waals surface area contributed by atoms with Crippen LogP contribution in [-0.2, 0) is 20.6 Å². The van der Waals surface area contributed by atoms with Crippen LogP contribution in [0.4, 0.5) is 0 Å². The number of nitrogens with zero attached hydrogens (tertiary/aromatic N) is 3. The number of hydrogen-bond acceptors (Lipinski definition) is 3. The van der Waals surface area contributed by atoms with Crippen LogP contribution in [0.3, 0.4) is 0 Å². The largest absolute Gasteiger partial charge is 0.332 e. The lowest BCUT2D eigenvalue weighted by Crippen LogP contribution is -3.11. The Morgan fingerprint density at radius 1 is 1.15 bits per heavy atom. The third-order valence-electron chi connectivity index (χ3n) is 4.12. The molecule has 20 heavy (non-hydrogen) atoms. The summed E-state index contributed by atoms with van der Waals surface area (Å²) in [7, 11) is 3.13. The van der Waals surface area contributed by atoms with Gasteiger partial charge in [0, 0.05) is 14.1 Å². The van der Waals surface area contributed by atoms with Gasteiger partial charge in [-0.25, -0.2) is 9.78 Å². The van der Waals surface area contributed by atoms with Gasteiger partial charge < -0.3 is 9.88 Å². The highest BCUT2D eigenvalue weighted by Crippen LogP contribution is 2.04. The second kappa shape index (κ2) is 4.90. The summed E-state index contributed by atoms with van der Waals surface area (Å²) in [6, 6.07) is 0. The molecule has 1 fully saturated rings. The number of hydrogen-bond donors (Lipinski definition) is 2. The molecule has 3 rings (SSSR count). The molecule has 3 heterocycles. The number of piperidine rings is 1. The van der Waals surface area contributed by atoms with Crippen LogP contribution in [0.5, 0.6) is 0 Å². The van der Waals surface area contributed by atoms with Crippen molar-refractivity contribution in [3.8, 4) is 0 Å². The lowest BCUT2D eigenvalue weighted by Gasteiger charge is -2.22. The first kappa shape index (κ1) is 13.1. The van der Waals surface area contributed by atoms with Gasteiger partial charge in [0.2, 0.25) is 0 Å². The molecule has 108 valence electrons. The minimum absolute atomic E-state index is 0.310. The Hall–Kier alpha value is -1.89. The maximum atomic E-state index is 12.1. The first-order chi connectivity index (χ1) is 9.58. The van der Waals surface area contributed by atoms with Crippen LogP contribution in [-0.4, -0.2) is 32.2 Å². The first-order valence-electron chi connectivity index (χ1n) is 7.06. The number of imidazole rings is 1. The van der Waals surface area contributed by atoms with Gasteiger partial charge in [0.25, 0.3) is 5.56 Å². The second-order valence-corrected chi connectivity index (χ2v) is 5.58. The van der Waals surface area contributed by atoms with Crippen LogP contribution >= 0.6 is 0 Å². The Morgan fingerprint density at radius 3 is 2.55 bits per heavy atom. The van der Waals surface area contributed by atoms with Crippen molar-refractivity contribution in [3.63, 3.8) is 0 Å². The van der Waals surface area contributed by atoms with Crippen molar-refractivity contribution in [3.05, 3.63) is 26.7 Å². The average molecular weight is 278 g/mol. The highest BCUT2D eigenvalue weighted by molar-refractivity contribution is 5.69. The predicted octanol–water partition coefficient (Wildman–Crippen LogP) is -1.47. The van der Waals surface area contributed by atoms with Crippen molar-refractivity contribution in [2.75, 3.05) is 13.1 Å². The molecule has 0 atom stereocenters. The maximum Gasteiger partial charge on any atom is 0.332 e. The SMILES string of the molecule is Cn1c(=O)c2[nH]c(C[NH+]3CCCCC3)nc2n(C)c1=O. The molecule has 0 radical (unpaired) electrons. The summed E-state index contributed by atoms with van der Waals surface area (Å²) in [5.74, 6) is 0.787. The maximum absolute atomic E-state index is 12.1. The summed E-state index contributed by atoms with van der Waals surface area (Å²) in [6.45, 7) is 3.08. The fourth-order valence-corrected chi connectivity index (χ4v) is 2.92. The number of H-pyrrole nitrogens is 1. The summed E-state index contributed by atoms with van der Waals surface area (Å²) < 4.78 is 2.53. The van der Waals surface area contributed by atoms with E-state index in [1.807, 2.05) is 0 Å². The number of rotatable bonds is 2. The molecule has 1 aliphatic heterocycles. The van der Waals surface area contributed by atoms with Gasteiger partial charge in [0.1, 0.15) is 12.1 Å². The summed E-state index contributed by atoms with van der Waals surface area (Å²) in [5, 5.41) is 0. The van der Waals surface area contributed by atoms with Gasteiger partial charge in [0.05, 0.1) is 13.1 Å². The standard InChI is InChI=1S/C13H19N5O2/c1-16-11-10(12(19)17(2)13(16)20)14-9(15-11)8-18-6-4-3-5-7-18/h3-8H2,1-2H3,(H,14,15)/p+1. The van der Waals surface area contributed by atoms with E-state index in [1.54, 1.807) is 7.05 Å². The normalized spacial score (nSPS) is 16.9. The molecule has 2 N–H and O–H groups in total. The Balaban J connectivity index is 2.02. The summed E-state index contributed by atoms with van der Waals surface area (Å²) >= 11 is 0. The van der Waals surface area contributed by atoms with Gasteiger partial charge in [-0.1, -0.05) is 0 Å². The molecular formula is C13H20N5O2+. The highest BCUT2D eigenvalue weighted by Gasteiger charge is 2.18. The Labute approximate surface area is 115 Å². The van der Waals surface area contributed by atoms with Gasteiger partial charge >= 0.3 is 5.69 Å². The van der Waals surface area contributed by atoms with Crippen molar-refractivity contribution in [2.24, 2.45) is 14.1 Å². The average Bonchev–Trinajstić information content (AvgIpc) is 2.88. The number of aryl methyl sites for hydroxylation is 1. The third-order valence-corrected chi connectivity index (χ3v) is 4.12.